The van der Waals surface area contributed by atoms with Gasteiger partial charge in [-0.25, -0.2) is 4.98 Å². The maximum absolute atomic E-state index is 13.7. The summed E-state index contributed by atoms with van der Waals surface area (Å²) in [6.07, 6.45) is 4.79. The molecule has 0 saturated carbocycles. The largest absolute Gasteiger partial charge is 0.388 e. The van der Waals surface area contributed by atoms with E-state index in [1.807, 2.05) is 59.5 Å². The molecule has 4 aromatic heterocycles. The van der Waals surface area contributed by atoms with Crippen LogP contribution in [0.2, 0.25) is 0 Å². The van der Waals surface area contributed by atoms with Crippen LogP contribution in [0.1, 0.15) is 80.5 Å². The van der Waals surface area contributed by atoms with Gasteiger partial charge in [-0.05, 0) is 109 Å². The van der Waals surface area contributed by atoms with Crippen molar-refractivity contribution in [1.82, 2.24) is 39.4 Å². The van der Waals surface area contributed by atoms with E-state index in [-0.39, 0.29) is 35.4 Å². The Morgan fingerprint density at radius 2 is 1.63 bits per heavy atom. The number of rotatable bonds is 17. The molecule has 0 spiro atoms. The summed E-state index contributed by atoms with van der Waals surface area (Å²) in [5.74, 6) is 0.200. The normalized spacial score (nSPS) is 14.3. The first kappa shape index (κ1) is 45.7. The Bertz CT molecular complexity index is 3100. The number of likely N-dealkylation sites (tertiary alicyclic amines) is 1. The van der Waals surface area contributed by atoms with Crippen molar-refractivity contribution in [3.8, 4) is 21.7 Å². The highest BCUT2D eigenvalue weighted by atomic mass is 32.1. The fraction of sp³-hybridized carbons (Fsp3) is 0.352. The molecule has 3 N–H and O–H groups in total. The van der Waals surface area contributed by atoms with E-state index in [1.165, 1.54) is 54.3 Å². The number of aliphatic hydroxyl groups is 1. The molecule has 5 heterocycles. The number of piperidine rings is 1. The number of nitrogens with zero attached hydrogens (tertiary/aromatic N) is 6. The average molecular weight is 917 g/mol. The monoisotopic (exact) mass is 916 g/mol. The van der Waals surface area contributed by atoms with Crippen LogP contribution < -0.4 is 16.2 Å². The minimum atomic E-state index is -1.15. The van der Waals surface area contributed by atoms with Gasteiger partial charge >= 0.3 is 0 Å². The number of hydrogen-bond acceptors (Lipinski definition) is 8. The van der Waals surface area contributed by atoms with Gasteiger partial charge in [-0.2, -0.15) is 5.10 Å². The Balaban J connectivity index is 0.724. The van der Waals surface area contributed by atoms with Gasteiger partial charge in [-0.3, -0.25) is 23.6 Å². The first-order chi connectivity index (χ1) is 32.5. The van der Waals surface area contributed by atoms with E-state index in [0.717, 1.165) is 49.2 Å². The summed E-state index contributed by atoms with van der Waals surface area (Å²) >= 11 is 1.80. The number of fused-ring (bicyclic) bond motifs is 4. The van der Waals surface area contributed by atoms with Crippen LogP contribution in [0.15, 0.2) is 114 Å². The van der Waals surface area contributed by atoms with E-state index in [1.54, 1.807) is 23.1 Å². The molecule has 4 aromatic carbocycles. The predicted octanol–water partition coefficient (Wildman–Crippen LogP) is 9.09. The fourth-order valence-electron chi connectivity index (χ4n) is 9.64. The van der Waals surface area contributed by atoms with Crippen molar-refractivity contribution in [2.24, 2.45) is 7.05 Å². The van der Waals surface area contributed by atoms with Gasteiger partial charge in [0.15, 0.2) is 5.52 Å². The second kappa shape index (κ2) is 19.8. The number of aromatic nitrogens is 5. The van der Waals surface area contributed by atoms with E-state index in [4.69, 9.17) is 0 Å². The Kier molecular flexibility index (Phi) is 13.5. The lowest BCUT2D eigenvalue weighted by atomic mass is 9.90. The number of carbonyl (C=O) groups is 2. The number of aryl methyl sites for hydroxylation is 3. The first-order valence-electron chi connectivity index (χ1n) is 23.6. The zero-order valence-electron chi connectivity index (χ0n) is 38.9. The van der Waals surface area contributed by atoms with Crippen LogP contribution in [0.5, 0.6) is 0 Å². The number of unbranched alkanes of at least 4 members (excludes halogenated alkanes) is 1. The number of hydrogen-bond donors (Lipinski definition) is 3. The highest BCUT2D eigenvalue weighted by Crippen LogP contribution is 2.35. The molecule has 0 aliphatic carbocycles. The Morgan fingerprint density at radius 1 is 0.866 bits per heavy atom. The number of nitrogens with one attached hydrogen (secondary N) is 2. The van der Waals surface area contributed by atoms with Crippen LogP contribution in [0.3, 0.4) is 0 Å². The second-order valence-corrected chi connectivity index (χ2v) is 19.3. The molecule has 0 radical (unpaired) electrons. The van der Waals surface area contributed by atoms with Crippen LogP contribution in [-0.2, 0) is 42.8 Å². The topological polar surface area (TPSA) is 139 Å². The summed E-state index contributed by atoms with van der Waals surface area (Å²) in [5, 5.41) is 27.5. The summed E-state index contributed by atoms with van der Waals surface area (Å²) in [7, 11) is 1.79. The Labute approximate surface area is 395 Å². The zero-order valence-corrected chi connectivity index (χ0v) is 39.7. The van der Waals surface area contributed by atoms with Crippen molar-refractivity contribution in [3.63, 3.8) is 0 Å². The first-order valence-corrected chi connectivity index (χ1v) is 24.5. The van der Waals surface area contributed by atoms with Crippen LogP contribution >= 0.6 is 11.3 Å². The average Bonchev–Trinajstić information content (AvgIpc) is 4.03. The molecule has 0 bridgehead atoms. The van der Waals surface area contributed by atoms with Crippen molar-refractivity contribution < 1.29 is 14.7 Å². The number of thiophene rings is 1. The van der Waals surface area contributed by atoms with Gasteiger partial charge in [0.1, 0.15) is 5.52 Å². The molecule has 1 atom stereocenters. The van der Waals surface area contributed by atoms with Crippen molar-refractivity contribution in [2.45, 2.75) is 97.0 Å². The molecule has 1 aliphatic heterocycles. The second-order valence-electron chi connectivity index (χ2n) is 18.4. The van der Waals surface area contributed by atoms with Crippen LogP contribution in [0.25, 0.3) is 54.5 Å². The van der Waals surface area contributed by atoms with Crippen molar-refractivity contribution in [1.29, 1.82) is 0 Å². The highest BCUT2D eigenvalue weighted by molar-refractivity contribution is 7.13. The lowest BCUT2D eigenvalue weighted by Crippen LogP contribution is -2.49. The van der Waals surface area contributed by atoms with E-state index < -0.39 is 5.60 Å². The molecule has 67 heavy (non-hydrogen) atoms. The molecule has 1 fully saturated rings. The molecule has 8 aromatic rings. The number of amides is 2. The van der Waals surface area contributed by atoms with E-state index in [2.05, 4.69) is 93.9 Å². The van der Waals surface area contributed by atoms with Gasteiger partial charge in [0, 0.05) is 84.9 Å². The Morgan fingerprint density at radius 3 is 2.37 bits per heavy atom. The summed E-state index contributed by atoms with van der Waals surface area (Å²) in [5.41, 5.74) is 9.25. The van der Waals surface area contributed by atoms with Crippen LogP contribution in [0.4, 0.5) is 0 Å². The molecular weight excluding hydrogens is 857 g/mol. The summed E-state index contributed by atoms with van der Waals surface area (Å²) in [6.45, 7) is 10.3. The predicted molar refractivity (Wildman–Crippen MR) is 269 cm³/mol. The molecule has 2 amide bonds. The molecule has 1 aliphatic rings. The van der Waals surface area contributed by atoms with Gasteiger partial charge in [0.05, 0.1) is 24.2 Å². The third-order valence-corrected chi connectivity index (χ3v) is 14.6. The van der Waals surface area contributed by atoms with Gasteiger partial charge in [0.25, 0.3) is 5.56 Å². The van der Waals surface area contributed by atoms with Crippen LogP contribution in [-0.4, -0.2) is 71.0 Å². The standard InChI is InChI=1S/C54H60N8O4S/c1-5-62-45-21-16-39(29-44(45)43-20-19-42(30-46(43)62)47-27-36(2)33-67-47)31-55-24-10-9-13-48(63)56-32-38-14-17-41(18-15-38)52-50-51(58-59(52)4)53(65)61(35-57-50)34-54(66)22-25-60(26-23-54)49(64)28-37(3)40-11-7-6-8-12-40/h6-8,11-12,14-21,27,29-30,33,35,37,55,66H,5,9-10,13,22-26,28,31-32,34H2,1-4H3,(H,56,63)/t37-/m1/s1. The van der Waals surface area contributed by atoms with Gasteiger partial charge in [-0.1, -0.05) is 79.7 Å². The minimum absolute atomic E-state index is 0.0227. The molecular formula is C54H60N8O4S. The lowest BCUT2D eigenvalue weighted by molar-refractivity contribution is -0.136. The minimum Gasteiger partial charge on any atom is -0.388 e. The summed E-state index contributed by atoms with van der Waals surface area (Å²) in [4.78, 5) is 47.4. The molecule has 12 nitrogen and oxygen atoms in total. The summed E-state index contributed by atoms with van der Waals surface area (Å²) < 4.78 is 5.51. The smallest absolute Gasteiger partial charge is 0.281 e. The Hall–Kier alpha value is -6.41. The number of carbonyl (C=O) groups excluding carboxylic acids is 2. The van der Waals surface area contributed by atoms with Crippen molar-refractivity contribution in [3.05, 3.63) is 141 Å². The van der Waals surface area contributed by atoms with Gasteiger partial charge in [-0.15, -0.1) is 11.3 Å². The molecule has 1 saturated heterocycles. The lowest BCUT2D eigenvalue weighted by Gasteiger charge is -2.38. The highest BCUT2D eigenvalue weighted by Gasteiger charge is 2.35. The van der Waals surface area contributed by atoms with Crippen molar-refractivity contribution >= 4 is 56.0 Å². The molecule has 13 heteroatoms. The number of benzene rings is 4. The third-order valence-electron chi connectivity index (χ3n) is 13.5. The third kappa shape index (κ3) is 10.00. The van der Waals surface area contributed by atoms with Gasteiger partial charge in [0.2, 0.25) is 11.8 Å². The van der Waals surface area contributed by atoms with Crippen molar-refractivity contribution in [2.75, 3.05) is 19.6 Å². The molecule has 346 valence electrons. The molecule has 9 rings (SSSR count). The summed E-state index contributed by atoms with van der Waals surface area (Å²) in [6, 6.07) is 33.8. The van der Waals surface area contributed by atoms with Gasteiger partial charge < -0.3 is 25.2 Å². The van der Waals surface area contributed by atoms with E-state index in [0.29, 0.717) is 56.5 Å². The maximum atomic E-state index is 13.7. The SMILES string of the molecule is CCn1c2ccc(CNCCCCC(=O)NCc3ccc(-c4c5ncn(CC6(O)CCN(C(=O)C[C@@H](C)c7ccccc7)CC6)c(=O)c5nn4C)cc3)cc2c2ccc(-c3cc(C)cs3)cc21. The van der Waals surface area contributed by atoms with Crippen LogP contribution in [0, 0.1) is 6.92 Å². The quantitative estimate of drug-likeness (QED) is 0.0775. The molecule has 0 unspecified atom stereocenters. The zero-order chi connectivity index (χ0) is 46.7. The van der Waals surface area contributed by atoms with E-state index in [9.17, 15) is 19.5 Å². The maximum Gasteiger partial charge on any atom is 0.281 e. The van der Waals surface area contributed by atoms with E-state index >= 15 is 0 Å². The fourth-order valence-corrected chi connectivity index (χ4v) is 10.5.